The van der Waals surface area contributed by atoms with E-state index in [-0.39, 0.29) is 11.8 Å². The van der Waals surface area contributed by atoms with Gasteiger partial charge in [0, 0.05) is 17.6 Å². The van der Waals surface area contributed by atoms with Crippen LogP contribution >= 0.6 is 11.3 Å². The zero-order chi connectivity index (χ0) is 19.1. The van der Waals surface area contributed by atoms with Gasteiger partial charge in [0.2, 0.25) is 5.89 Å². The average Bonchev–Trinajstić information content (AvgIpc) is 3.34. The number of carbonyl (C=O) groups is 1. The number of halogens is 1. The number of pyridine rings is 1. The van der Waals surface area contributed by atoms with Crippen LogP contribution < -0.4 is 5.32 Å². The summed E-state index contributed by atoms with van der Waals surface area (Å²) in [6.07, 6.45) is 1.69. The van der Waals surface area contributed by atoms with Crippen LogP contribution in [-0.2, 0) is 0 Å². The second-order valence-corrected chi connectivity index (χ2v) is 7.05. The fourth-order valence-electron chi connectivity index (χ4n) is 3.05. The van der Waals surface area contributed by atoms with Crippen molar-refractivity contribution in [2.24, 2.45) is 0 Å². The lowest BCUT2D eigenvalue weighted by Crippen LogP contribution is -2.11. The highest BCUT2D eigenvalue weighted by Gasteiger charge is 2.20. The molecule has 0 bridgehead atoms. The van der Waals surface area contributed by atoms with Crippen molar-refractivity contribution in [1.82, 2.24) is 9.97 Å². The number of thiophene rings is 1. The quantitative estimate of drug-likeness (QED) is 0.443. The van der Waals surface area contributed by atoms with Gasteiger partial charge < -0.3 is 9.73 Å². The van der Waals surface area contributed by atoms with Crippen LogP contribution in [0.4, 0.5) is 10.1 Å². The van der Waals surface area contributed by atoms with E-state index in [0.717, 1.165) is 5.39 Å². The highest BCUT2D eigenvalue weighted by Crippen LogP contribution is 2.32. The lowest BCUT2D eigenvalue weighted by atomic mass is 10.2. The predicted molar refractivity (Wildman–Crippen MR) is 107 cm³/mol. The molecule has 1 amide bonds. The summed E-state index contributed by atoms with van der Waals surface area (Å²) in [6, 6.07) is 15.3. The maximum Gasteiger partial charge on any atom is 0.266 e. The number of rotatable bonds is 3. The number of oxazole rings is 1. The summed E-state index contributed by atoms with van der Waals surface area (Å²) in [5.41, 5.74) is 2.78. The lowest BCUT2D eigenvalue weighted by molar-refractivity contribution is 0.103. The van der Waals surface area contributed by atoms with Gasteiger partial charge in [-0.3, -0.25) is 9.78 Å². The van der Waals surface area contributed by atoms with Crippen molar-refractivity contribution >= 4 is 44.9 Å². The molecule has 0 unspecified atom stereocenters. The summed E-state index contributed by atoms with van der Waals surface area (Å²) < 4.78 is 19.1. The van der Waals surface area contributed by atoms with Crippen molar-refractivity contribution in [3.05, 3.63) is 76.9 Å². The number of aromatic nitrogens is 2. The molecule has 0 aliphatic rings. The van der Waals surface area contributed by atoms with Crippen molar-refractivity contribution in [2.75, 3.05) is 5.32 Å². The minimum Gasteiger partial charge on any atom is -0.436 e. The molecule has 0 aliphatic heterocycles. The summed E-state index contributed by atoms with van der Waals surface area (Å²) in [6.45, 7) is 0. The Morgan fingerprint density at radius 1 is 1.11 bits per heavy atom. The average molecular weight is 389 g/mol. The number of anilines is 1. The minimum atomic E-state index is -0.401. The van der Waals surface area contributed by atoms with Gasteiger partial charge in [-0.1, -0.05) is 18.2 Å². The molecule has 0 atom stereocenters. The van der Waals surface area contributed by atoms with E-state index < -0.39 is 5.82 Å². The number of hydrogen-bond acceptors (Lipinski definition) is 5. The molecule has 0 spiro atoms. The van der Waals surface area contributed by atoms with E-state index in [1.807, 2.05) is 30.3 Å². The predicted octanol–water partition coefficient (Wildman–Crippen LogP) is 5.50. The van der Waals surface area contributed by atoms with Crippen LogP contribution in [0.25, 0.3) is 33.5 Å². The third kappa shape index (κ3) is 2.82. The maximum atomic E-state index is 13.4. The lowest BCUT2D eigenvalue weighted by Gasteiger charge is -2.07. The molecule has 1 N–H and O–H groups in total. The molecule has 2 aromatic carbocycles. The van der Waals surface area contributed by atoms with Crippen molar-refractivity contribution in [2.45, 2.75) is 0 Å². The summed E-state index contributed by atoms with van der Waals surface area (Å²) in [5, 5.41) is 5.65. The van der Waals surface area contributed by atoms with Crippen LogP contribution in [0.2, 0.25) is 0 Å². The molecule has 3 aromatic heterocycles. The molecular formula is C21H12FN3O2S. The first-order valence-corrected chi connectivity index (χ1v) is 9.36. The first-order valence-electron chi connectivity index (χ1n) is 8.48. The summed E-state index contributed by atoms with van der Waals surface area (Å²) in [4.78, 5) is 22.1. The normalized spacial score (nSPS) is 11.2. The van der Waals surface area contributed by atoms with Gasteiger partial charge in [0.25, 0.3) is 5.91 Å². The van der Waals surface area contributed by atoms with Gasteiger partial charge in [0.1, 0.15) is 16.2 Å². The fraction of sp³-hybridized carbons (Fsp3) is 0. The van der Waals surface area contributed by atoms with E-state index in [0.29, 0.717) is 32.7 Å². The molecule has 136 valence electrons. The molecule has 0 saturated heterocycles. The van der Waals surface area contributed by atoms with E-state index in [4.69, 9.17) is 4.42 Å². The van der Waals surface area contributed by atoms with Crippen LogP contribution in [0.5, 0.6) is 0 Å². The summed E-state index contributed by atoms with van der Waals surface area (Å²) in [5.74, 6) is -0.401. The van der Waals surface area contributed by atoms with Gasteiger partial charge in [-0.15, -0.1) is 11.3 Å². The van der Waals surface area contributed by atoms with Gasteiger partial charge in [-0.25, -0.2) is 9.37 Å². The number of hydrogen-bond donors (Lipinski definition) is 1. The molecule has 7 heteroatoms. The van der Waals surface area contributed by atoms with E-state index in [1.165, 1.54) is 23.5 Å². The Hall–Kier alpha value is -3.58. The molecule has 28 heavy (non-hydrogen) atoms. The van der Waals surface area contributed by atoms with E-state index in [2.05, 4.69) is 15.3 Å². The number of para-hydroxylation sites is 1. The van der Waals surface area contributed by atoms with E-state index in [1.54, 1.807) is 23.7 Å². The Labute approximate surface area is 162 Å². The molecule has 3 heterocycles. The molecule has 0 aliphatic carbocycles. The molecular weight excluding hydrogens is 377 g/mol. The van der Waals surface area contributed by atoms with Crippen LogP contribution in [0.1, 0.15) is 9.67 Å². The molecule has 5 nitrogen and oxygen atoms in total. The van der Waals surface area contributed by atoms with Gasteiger partial charge in [-0.2, -0.15) is 0 Å². The Morgan fingerprint density at radius 3 is 2.93 bits per heavy atom. The highest BCUT2D eigenvalue weighted by molar-refractivity contribution is 7.12. The summed E-state index contributed by atoms with van der Waals surface area (Å²) >= 11 is 1.28. The van der Waals surface area contributed by atoms with Gasteiger partial charge in [0.15, 0.2) is 5.58 Å². The second-order valence-electron chi connectivity index (χ2n) is 6.13. The topological polar surface area (TPSA) is 68.0 Å². The summed E-state index contributed by atoms with van der Waals surface area (Å²) in [7, 11) is 0. The Kier molecular flexibility index (Phi) is 3.87. The van der Waals surface area contributed by atoms with Crippen LogP contribution in [0, 0.1) is 5.82 Å². The second kappa shape index (κ2) is 6.54. The monoisotopic (exact) mass is 389 g/mol. The number of nitrogens with one attached hydrogen (secondary N) is 1. The molecule has 0 fully saturated rings. The third-order valence-corrected chi connectivity index (χ3v) is 5.25. The van der Waals surface area contributed by atoms with Gasteiger partial charge in [-0.05, 0) is 35.7 Å². The number of amides is 1. The van der Waals surface area contributed by atoms with Crippen molar-refractivity contribution in [3.63, 3.8) is 0 Å². The Bertz CT molecular complexity index is 1340. The van der Waals surface area contributed by atoms with Crippen LogP contribution in [-0.4, -0.2) is 15.9 Å². The Morgan fingerprint density at radius 2 is 2.00 bits per heavy atom. The largest absolute Gasteiger partial charge is 0.436 e. The fourth-order valence-corrected chi connectivity index (χ4v) is 3.83. The number of carbonyl (C=O) groups excluding carboxylic acids is 1. The molecule has 0 saturated carbocycles. The third-order valence-electron chi connectivity index (χ3n) is 4.33. The Balaban J connectivity index is 1.52. The van der Waals surface area contributed by atoms with Crippen molar-refractivity contribution in [3.8, 4) is 11.5 Å². The van der Waals surface area contributed by atoms with E-state index in [9.17, 15) is 9.18 Å². The van der Waals surface area contributed by atoms with Crippen LogP contribution in [0.3, 0.4) is 0 Å². The number of benzene rings is 2. The number of nitrogens with zero attached hydrogens (tertiary/aromatic N) is 2. The minimum absolute atomic E-state index is 0.281. The maximum absolute atomic E-state index is 13.4. The highest BCUT2D eigenvalue weighted by atomic mass is 32.1. The smallest absolute Gasteiger partial charge is 0.266 e. The molecule has 0 radical (unpaired) electrons. The zero-order valence-electron chi connectivity index (χ0n) is 14.3. The zero-order valence-corrected chi connectivity index (χ0v) is 15.2. The standard InChI is InChI=1S/C21H12FN3O2S/c22-13-6-7-15-17(11-13)27-21(25-15)14-8-10-28-19(14)20(26)24-16-5-1-3-12-4-2-9-23-18(12)16/h1-11H,(H,24,26). The van der Waals surface area contributed by atoms with Gasteiger partial charge in [0.05, 0.1) is 16.8 Å². The van der Waals surface area contributed by atoms with Gasteiger partial charge >= 0.3 is 0 Å². The first kappa shape index (κ1) is 16.6. The van der Waals surface area contributed by atoms with Crippen molar-refractivity contribution < 1.29 is 13.6 Å². The van der Waals surface area contributed by atoms with Crippen molar-refractivity contribution in [1.29, 1.82) is 0 Å². The van der Waals surface area contributed by atoms with E-state index >= 15 is 0 Å². The molecule has 5 rings (SSSR count). The SMILES string of the molecule is O=C(Nc1cccc2cccnc12)c1sccc1-c1nc2ccc(F)cc2o1. The molecule has 5 aromatic rings. The first-order chi connectivity index (χ1) is 13.7. The van der Waals surface area contributed by atoms with Crippen LogP contribution in [0.15, 0.2) is 70.6 Å². The number of fused-ring (bicyclic) bond motifs is 2.